The molecule has 0 atom stereocenters. The molecule has 10 heteroatoms. The predicted molar refractivity (Wildman–Crippen MR) is 86.8 cm³/mol. The van der Waals surface area contributed by atoms with Crippen molar-refractivity contribution < 1.29 is 23.2 Å². The third-order valence-electron chi connectivity index (χ3n) is 2.98. The van der Waals surface area contributed by atoms with E-state index < -0.39 is 39.5 Å². The fraction of sp³-hybridized carbons (Fsp3) is 0.0714. The Kier molecular flexibility index (Phi) is 5.35. The highest BCUT2D eigenvalue weighted by Gasteiger charge is 2.29. The van der Waals surface area contributed by atoms with Crippen molar-refractivity contribution in [2.24, 2.45) is 0 Å². The molecule has 0 aliphatic heterocycles. The molecule has 6 nitrogen and oxygen atoms in total. The number of carbonyl (C=O) groups excluding carboxylic acids is 1. The number of carbonyl (C=O) groups is 1. The lowest BCUT2D eigenvalue weighted by Crippen LogP contribution is -2.11. The van der Waals surface area contributed by atoms with E-state index in [-0.39, 0.29) is 10.7 Å². The molecule has 126 valence electrons. The van der Waals surface area contributed by atoms with Crippen LogP contribution in [0.4, 0.5) is 25.8 Å². The first kappa shape index (κ1) is 18.1. The first-order chi connectivity index (χ1) is 11.3. The highest BCUT2D eigenvalue weighted by atomic mass is 79.9. The average Bonchev–Trinajstić information content (AvgIpc) is 2.53. The molecular weight excluding hydrogens is 414 g/mol. The zero-order valence-corrected chi connectivity index (χ0v) is 14.2. The van der Waals surface area contributed by atoms with E-state index in [2.05, 4.69) is 26.0 Å². The number of ether oxygens (including phenoxy) is 1. The summed E-state index contributed by atoms with van der Waals surface area (Å²) in [5.74, 6) is -4.38. The van der Waals surface area contributed by atoms with Gasteiger partial charge in [-0.2, -0.15) is 4.39 Å². The van der Waals surface area contributed by atoms with E-state index in [0.717, 1.165) is 7.11 Å². The van der Waals surface area contributed by atoms with Crippen LogP contribution in [-0.4, -0.2) is 18.0 Å². The molecule has 0 radical (unpaired) electrons. The summed E-state index contributed by atoms with van der Waals surface area (Å²) in [6.07, 6.45) is 0. The SMILES string of the molecule is COC(=O)c1cc([N+](=O)[O-])c(F)c(F)c1Nc1ccc(Br)cc1Cl. The third kappa shape index (κ3) is 3.46. The lowest BCUT2D eigenvalue weighted by atomic mass is 10.1. The Morgan fingerprint density at radius 1 is 1.33 bits per heavy atom. The summed E-state index contributed by atoms with van der Waals surface area (Å²) in [5.41, 5.74) is -2.17. The highest BCUT2D eigenvalue weighted by Crippen LogP contribution is 2.35. The van der Waals surface area contributed by atoms with Crippen molar-refractivity contribution in [2.45, 2.75) is 0 Å². The van der Waals surface area contributed by atoms with E-state index in [9.17, 15) is 23.7 Å². The summed E-state index contributed by atoms with van der Waals surface area (Å²) in [6.45, 7) is 0. The van der Waals surface area contributed by atoms with Gasteiger partial charge in [-0.05, 0) is 18.2 Å². The second kappa shape index (κ2) is 7.10. The van der Waals surface area contributed by atoms with E-state index >= 15 is 0 Å². The number of nitro groups is 1. The largest absolute Gasteiger partial charge is 0.465 e. The molecule has 2 aromatic rings. The lowest BCUT2D eigenvalue weighted by Gasteiger charge is -2.14. The Morgan fingerprint density at radius 2 is 2.00 bits per heavy atom. The van der Waals surface area contributed by atoms with Gasteiger partial charge in [0.05, 0.1) is 34.0 Å². The van der Waals surface area contributed by atoms with Crippen LogP contribution in [0, 0.1) is 21.7 Å². The van der Waals surface area contributed by atoms with Gasteiger partial charge in [0.15, 0.2) is 5.82 Å². The molecule has 24 heavy (non-hydrogen) atoms. The van der Waals surface area contributed by atoms with Gasteiger partial charge in [-0.3, -0.25) is 10.1 Å². The fourth-order valence-electron chi connectivity index (χ4n) is 1.86. The van der Waals surface area contributed by atoms with Crippen LogP contribution in [0.25, 0.3) is 0 Å². The summed E-state index contributed by atoms with van der Waals surface area (Å²) in [4.78, 5) is 21.4. The zero-order chi connectivity index (χ0) is 18.0. The number of halogens is 4. The topological polar surface area (TPSA) is 81.5 Å². The molecule has 0 unspecified atom stereocenters. The molecule has 0 bridgehead atoms. The monoisotopic (exact) mass is 420 g/mol. The number of esters is 1. The minimum atomic E-state index is -1.71. The summed E-state index contributed by atoms with van der Waals surface area (Å²) >= 11 is 9.17. The Labute approximate surface area is 147 Å². The first-order valence-corrected chi connectivity index (χ1v) is 7.40. The van der Waals surface area contributed by atoms with Crippen molar-refractivity contribution in [3.05, 3.63) is 61.1 Å². The van der Waals surface area contributed by atoms with E-state index in [0.29, 0.717) is 10.5 Å². The minimum absolute atomic E-state index is 0.151. The fourth-order valence-corrected chi connectivity index (χ4v) is 2.58. The summed E-state index contributed by atoms with van der Waals surface area (Å²) in [5, 5.41) is 13.4. The molecule has 0 saturated heterocycles. The molecule has 0 amide bonds. The maximum Gasteiger partial charge on any atom is 0.340 e. The van der Waals surface area contributed by atoms with E-state index in [4.69, 9.17) is 11.6 Å². The van der Waals surface area contributed by atoms with Crippen molar-refractivity contribution in [3.63, 3.8) is 0 Å². The molecule has 0 saturated carbocycles. The molecule has 0 fully saturated rings. The Hall–Kier alpha value is -2.26. The van der Waals surface area contributed by atoms with Crippen LogP contribution >= 0.6 is 27.5 Å². The molecule has 0 aromatic heterocycles. The van der Waals surface area contributed by atoms with Gasteiger partial charge in [0, 0.05) is 10.5 Å². The number of benzene rings is 2. The van der Waals surface area contributed by atoms with Crippen LogP contribution in [0.2, 0.25) is 5.02 Å². The minimum Gasteiger partial charge on any atom is -0.465 e. The average molecular weight is 422 g/mol. The number of anilines is 2. The number of methoxy groups -OCH3 is 1. The summed E-state index contributed by atoms with van der Waals surface area (Å²) < 4.78 is 33.3. The van der Waals surface area contributed by atoms with E-state index in [1.54, 1.807) is 6.07 Å². The number of nitro benzene ring substituents is 1. The number of rotatable bonds is 4. The van der Waals surface area contributed by atoms with Gasteiger partial charge in [0.1, 0.15) is 0 Å². The van der Waals surface area contributed by atoms with Gasteiger partial charge in [0.25, 0.3) is 0 Å². The van der Waals surface area contributed by atoms with Crippen LogP contribution in [0.1, 0.15) is 10.4 Å². The van der Waals surface area contributed by atoms with Gasteiger partial charge >= 0.3 is 11.7 Å². The van der Waals surface area contributed by atoms with Crippen LogP contribution in [0.15, 0.2) is 28.7 Å². The standard InChI is InChI=1S/C14H8BrClF2N2O4/c1-24-14(21)7-5-10(20(22)23)11(17)12(18)13(7)19-9-3-2-6(15)4-8(9)16/h2-5,19H,1H3. The van der Waals surface area contributed by atoms with Gasteiger partial charge in [-0.15, -0.1) is 0 Å². The second-order valence-corrected chi connectivity index (χ2v) is 5.77. The molecular formula is C14H8BrClF2N2O4. The van der Waals surface area contributed by atoms with Gasteiger partial charge < -0.3 is 10.1 Å². The predicted octanol–water partition coefficient (Wildman–Crippen LogP) is 4.82. The molecule has 0 aliphatic carbocycles. The third-order valence-corrected chi connectivity index (χ3v) is 3.79. The van der Waals surface area contributed by atoms with Crippen LogP contribution in [0.3, 0.4) is 0 Å². The van der Waals surface area contributed by atoms with Gasteiger partial charge in [-0.25, -0.2) is 9.18 Å². The first-order valence-electron chi connectivity index (χ1n) is 6.23. The van der Waals surface area contributed by atoms with Crippen molar-refractivity contribution in [1.82, 2.24) is 0 Å². The van der Waals surface area contributed by atoms with Crippen molar-refractivity contribution in [2.75, 3.05) is 12.4 Å². The van der Waals surface area contributed by atoms with Crippen molar-refractivity contribution in [1.29, 1.82) is 0 Å². The quantitative estimate of drug-likeness (QED) is 0.435. The smallest absolute Gasteiger partial charge is 0.340 e. The molecule has 0 spiro atoms. The molecule has 1 N–H and O–H groups in total. The number of hydrogen-bond acceptors (Lipinski definition) is 5. The molecule has 0 aliphatic rings. The van der Waals surface area contributed by atoms with E-state index in [1.807, 2.05) is 0 Å². The van der Waals surface area contributed by atoms with Gasteiger partial charge in [0.2, 0.25) is 5.82 Å². The number of nitrogens with zero attached hydrogens (tertiary/aromatic N) is 1. The Bertz CT molecular complexity index is 848. The molecule has 2 aromatic carbocycles. The summed E-state index contributed by atoms with van der Waals surface area (Å²) in [7, 11) is 1.01. The van der Waals surface area contributed by atoms with Crippen LogP contribution in [-0.2, 0) is 4.74 Å². The van der Waals surface area contributed by atoms with Crippen molar-refractivity contribution >= 4 is 50.6 Å². The maximum atomic E-state index is 14.3. The zero-order valence-electron chi connectivity index (χ0n) is 11.9. The van der Waals surface area contributed by atoms with Gasteiger partial charge in [-0.1, -0.05) is 27.5 Å². The molecule has 0 heterocycles. The van der Waals surface area contributed by atoms with Crippen molar-refractivity contribution in [3.8, 4) is 0 Å². The second-order valence-electron chi connectivity index (χ2n) is 4.44. The Morgan fingerprint density at radius 3 is 2.54 bits per heavy atom. The number of hydrogen-bond donors (Lipinski definition) is 1. The Balaban J connectivity index is 2.65. The summed E-state index contributed by atoms with van der Waals surface area (Å²) in [6, 6.07) is 5.11. The normalized spacial score (nSPS) is 10.4. The lowest BCUT2D eigenvalue weighted by molar-refractivity contribution is -0.387. The molecule has 2 rings (SSSR count). The maximum absolute atomic E-state index is 14.3. The van der Waals surface area contributed by atoms with E-state index in [1.165, 1.54) is 12.1 Å². The van der Waals surface area contributed by atoms with Crippen LogP contribution in [0.5, 0.6) is 0 Å². The number of nitrogens with one attached hydrogen (secondary N) is 1. The van der Waals surface area contributed by atoms with Crippen LogP contribution < -0.4 is 5.32 Å². The highest BCUT2D eigenvalue weighted by molar-refractivity contribution is 9.10.